The molecule has 308 valence electrons. The van der Waals surface area contributed by atoms with Crippen LogP contribution in [0.15, 0.2) is 126 Å². The number of aliphatic hydroxyl groups excluding tert-OH is 1. The van der Waals surface area contributed by atoms with Crippen molar-refractivity contribution in [1.82, 2.24) is 20.9 Å². The Morgan fingerprint density at radius 3 is 2.20 bits per heavy atom. The van der Waals surface area contributed by atoms with Gasteiger partial charge in [0.2, 0.25) is 11.2 Å². The van der Waals surface area contributed by atoms with Gasteiger partial charge in [0.15, 0.2) is 0 Å². The van der Waals surface area contributed by atoms with Crippen LogP contribution >= 0.6 is 0 Å². The molecule has 1 saturated carbocycles. The molecule has 8 N–H and O–H groups in total. The minimum Gasteiger partial charge on any atom is -0.506 e. The summed E-state index contributed by atoms with van der Waals surface area (Å²) in [6, 6.07) is 32.2. The van der Waals surface area contributed by atoms with Crippen LogP contribution < -0.4 is 31.0 Å². The molecule has 0 saturated heterocycles. The summed E-state index contributed by atoms with van der Waals surface area (Å²) in [5.41, 5.74) is 0.989. The number of aliphatic carboxylic acids is 1. The number of benzene rings is 5. The van der Waals surface area contributed by atoms with Crippen LogP contribution in [0, 0.1) is 0 Å². The Bertz CT molecular complexity index is 2570. The minimum absolute atomic E-state index is 0.0870. The Kier molecular flexibility index (Phi) is 12.3. The van der Waals surface area contributed by atoms with E-state index in [1.807, 2.05) is 0 Å². The van der Waals surface area contributed by atoms with Gasteiger partial charge in [-0.3, -0.25) is 14.4 Å². The molecule has 1 aromatic heterocycles. The Hall–Kier alpha value is -7.00. The van der Waals surface area contributed by atoms with E-state index >= 15 is 0 Å². The van der Waals surface area contributed by atoms with E-state index in [1.165, 1.54) is 31.4 Å². The summed E-state index contributed by atoms with van der Waals surface area (Å²) in [6.07, 6.45) is 0.198. The zero-order chi connectivity index (χ0) is 42.4. The number of methoxy groups -OCH3 is 1. The number of aromatic hydroxyl groups is 1. The van der Waals surface area contributed by atoms with Crippen molar-refractivity contribution in [2.75, 3.05) is 13.7 Å². The van der Waals surface area contributed by atoms with Gasteiger partial charge in [-0.15, -0.1) is 0 Å². The van der Waals surface area contributed by atoms with Gasteiger partial charge in [0.25, 0.3) is 11.8 Å². The number of rotatable bonds is 16. The van der Waals surface area contributed by atoms with E-state index in [9.17, 15) is 39.6 Å². The number of aromatic nitrogens is 1. The Labute approximate surface area is 344 Å². The predicted octanol–water partition coefficient (Wildman–Crippen LogP) is 4.66. The Morgan fingerprint density at radius 1 is 0.817 bits per heavy atom. The Balaban J connectivity index is 0.856. The molecular formula is C46H44N4O10. The molecule has 1 fully saturated rings. The lowest BCUT2D eigenvalue weighted by Crippen LogP contribution is -2.53. The number of pyridine rings is 1. The lowest BCUT2D eigenvalue weighted by atomic mass is 9.86. The number of aliphatic hydroxyl groups is 2. The number of aromatic amines is 1. The number of H-pyrrole nitrogens is 1. The maximum atomic E-state index is 13.1. The second-order valence-electron chi connectivity index (χ2n) is 14.7. The first-order valence-corrected chi connectivity index (χ1v) is 19.3. The van der Waals surface area contributed by atoms with Crippen LogP contribution in [0.2, 0.25) is 0 Å². The summed E-state index contributed by atoms with van der Waals surface area (Å²) in [7, 11) is 1.51. The molecule has 14 heteroatoms. The van der Waals surface area contributed by atoms with Gasteiger partial charge in [-0.1, -0.05) is 66.7 Å². The number of hydrogen-bond acceptors (Lipinski definition) is 10. The van der Waals surface area contributed by atoms with Gasteiger partial charge in [-0.05, 0) is 78.1 Å². The van der Waals surface area contributed by atoms with Gasteiger partial charge in [-0.25, -0.2) is 4.79 Å². The van der Waals surface area contributed by atoms with Crippen molar-refractivity contribution in [3.05, 3.63) is 171 Å². The number of ether oxygens (including phenoxy) is 2. The van der Waals surface area contributed by atoms with Crippen molar-refractivity contribution in [1.29, 1.82) is 0 Å². The minimum atomic E-state index is -2.25. The summed E-state index contributed by atoms with van der Waals surface area (Å²) in [4.78, 5) is 52.6. The summed E-state index contributed by atoms with van der Waals surface area (Å²) < 4.78 is 11.5. The number of carboxylic acid groups (broad SMARTS) is 1. The number of nitrogens with one attached hydrogen (secondary N) is 4. The van der Waals surface area contributed by atoms with E-state index in [0.29, 0.717) is 53.0 Å². The van der Waals surface area contributed by atoms with E-state index in [-0.39, 0.29) is 65.0 Å². The van der Waals surface area contributed by atoms with Crippen molar-refractivity contribution in [2.45, 2.75) is 49.8 Å². The van der Waals surface area contributed by atoms with E-state index in [4.69, 9.17) is 9.47 Å². The molecule has 2 amide bonds. The smallest absolute Gasteiger partial charge is 0.345 e. The summed E-state index contributed by atoms with van der Waals surface area (Å²) in [5.74, 6) is -1.14. The summed E-state index contributed by atoms with van der Waals surface area (Å²) >= 11 is 0. The van der Waals surface area contributed by atoms with Crippen molar-refractivity contribution < 1.29 is 44.3 Å². The van der Waals surface area contributed by atoms with Crippen LogP contribution in [0.25, 0.3) is 10.9 Å². The molecule has 5 aromatic carbocycles. The van der Waals surface area contributed by atoms with Crippen LogP contribution in [0.3, 0.4) is 0 Å². The molecule has 0 aliphatic heterocycles. The zero-order valence-corrected chi connectivity index (χ0v) is 32.6. The predicted molar refractivity (Wildman–Crippen MR) is 222 cm³/mol. The number of carboxylic acids is 1. The maximum Gasteiger partial charge on any atom is 0.345 e. The van der Waals surface area contributed by atoms with Crippen LogP contribution in [0.1, 0.15) is 67.5 Å². The van der Waals surface area contributed by atoms with Gasteiger partial charge in [-0.2, -0.15) is 0 Å². The first kappa shape index (κ1) is 41.2. The third-order valence-electron chi connectivity index (χ3n) is 10.7. The molecule has 1 heterocycles. The number of amides is 2. The number of phenolic OH excluding ortho intramolecular Hbond substituents is 1. The van der Waals surface area contributed by atoms with Crippen LogP contribution in [-0.2, 0) is 23.5 Å². The van der Waals surface area contributed by atoms with Crippen LogP contribution in [0.4, 0.5) is 0 Å². The zero-order valence-electron chi connectivity index (χ0n) is 32.6. The molecule has 0 spiro atoms. The average Bonchev–Trinajstić information content (AvgIpc) is 3.25. The molecule has 0 unspecified atom stereocenters. The largest absolute Gasteiger partial charge is 0.506 e. The molecular weight excluding hydrogens is 769 g/mol. The normalized spacial score (nSPS) is 16.2. The number of hydrogen-bond donors (Lipinski definition) is 8. The highest BCUT2D eigenvalue weighted by Gasteiger charge is 2.40. The average molecular weight is 813 g/mol. The molecule has 0 bridgehead atoms. The van der Waals surface area contributed by atoms with E-state index in [2.05, 4.69) is 20.9 Å². The van der Waals surface area contributed by atoms with Crippen molar-refractivity contribution in [3.63, 3.8) is 0 Å². The van der Waals surface area contributed by atoms with E-state index in [1.54, 1.807) is 97.1 Å². The Morgan fingerprint density at radius 2 is 1.50 bits per heavy atom. The number of fused-ring (bicyclic) bond motifs is 1. The maximum absolute atomic E-state index is 13.1. The standard InChI is InChI=1S/C46H44N4O10/c1-59-40-20-29(14-15-30(40)24-47-25-39(52)36-16-18-38(51)42-37(36)17-19-41(53)50-42)44(55)49-34-22-33(23-34)48-43(54)28-12-10-27(11-13-28)26-60-35-9-5-8-32(21-35)46(58,45(56)57)31-6-3-2-4-7-31/h2-21,33-34,39,47,51-52,58H,22-26H2,1H3,(H,48,54)(H,49,55)(H,50,53)(H,56,57)/t33-,34-,39-,46-/m0/s1. The molecule has 6 aromatic rings. The highest BCUT2D eigenvalue weighted by atomic mass is 16.5. The second kappa shape index (κ2) is 17.9. The van der Waals surface area contributed by atoms with E-state index in [0.717, 1.165) is 11.1 Å². The number of phenols is 1. The van der Waals surface area contributed by atoms with Crippen LogP contribution in [0.5, 0.6) is 17.2 Å². The molecule has 7 rings (SSSR count). The third-order valence-corrected chi connectivity index (χ3v) is 10.7. The van der Waals surface area contributed by atoms with Crippen LogP contribution in [-0.4, -0.2) is 68.9 Å². The van der Waals surface area contributed by atoms with Gasteiger partial charge >= 0.3 is 5.97 Å². The van der Waals surface area contributed by atoms with Gasteiger partial charge in [0.1, 0.15) is 23.9 Å². The SMILES string of the molecule is COc1cc(C(=O)N[C@H]2C[C@H](NC(=O)c3ccc(COc4cccc([C@](O)(C(=O)O)c5ccccc5)c4)cc3)C2)ccc1CNC[C@H](O)c1ccc(O)c2[nH]c(=O)ccc12. The summed E-state index contributed by atoms with van der Waals surface area (Å²) in [5, 5.41) is 51.9. The highest BCUT2D eigenvalue weighted by Crippen LogP contribution is 2.33. The molecule has 0 radical (unpaired) electrons. The fourth-order valence-corrected chi connectivity index (χ4v) is 7.25. The number of carbonyl (C=O) groups excluding carboxylic acids is 2. The lowest BCUT2D eigenvalue weighted by molar-refractivity contribution is -0.155. The molecule has 1 aliphatic rings. The fourth-order valence-electron chi connectivity index (χ4n) is 7.25. The summed E-state index contributed by atoms with van der Waals surface area (Å²) in [6.45, 7) is 0.649. The fraction of sp³-hybridized carbons (Fsp3) is 0.217. The highest BCUT2D eigenvalue weighted by molar-refractivity contribution is 5.96. The molecule has 2 atom stereocenters. The quantitative estimate of drug-likeness (QED) is 0.0672. The number of carbonyl (C=O) groups is 3. The lowest BCUT2D eigenvalue weighted by Gasteiger charge is -2.36. The third kappa shape index (κ3) is 9.00. The molecule has 1 aliphatic carbocycles. The van der Waals surface area contributed by atoms with Crippen molar-refractivity contribution in [2.24, 2.45) is 0 Å². The first-order valence-electron chi connectivity index (χ1n) is 19.3. The van der Waals surface area contributed by atoms with Gasteiger partial charge < -0.3 is 50.8 Å². The van der Waals surface area contributed by atoms with Crippen molar-refractivity contribution >= 4 is 28.7 Å². The monoisotopic (exact) mass is 812 g/mol. The van der Waals surface area contributed by atoms with E-state index < -0.39 is 17.7 Å². The van der Waals surface area contributed by atoms with Gasteiger partial charge in [0.05, 0.1) is 18.7 Å². The van der Waals surface area contributed by atoms with Crippen molar-refractivity contribution in [3.8, 4) is 17.2 Å². The first-order chi connectivity index (χ1) is 28.9. The second-order valence-corrected chi connectivity index (χ2v) is 14.7. The molecule has 14 nitrogen and oxygen atoms in total. The topological polar surface area (TPSA) is 220 Å². The van der Waals surface area contributed by atoms with Gasteiger partial charge in [0, 0.05) is 58.9 Å². The molecule has 60 heavy (non-hydrogen) atoms.